The number of hydrogen-bond acceptors (Lipinski definition) is 9. The molecular weight excluding hydrogens is 458 g/mol. The molecule has 0 atom stereocenters. The van der Waals surface area contributed by atoms with Crippen molar-refractivity contribution < 1.29 is 36.8 Å². The molecule has 0 spiro atoms. The molecule has 10 nitrogen and oxygen atoms in total. The third-order valence-corrected chi connectivity index (χ3v) is 10.0. The van der Waals surface area contributed by atoms with Gasteiger partial charge < -0.3 is 27.7 Å². The van der Waals surface area contributed by atoms with Gasteiger partial charge in [0.2, 0.25) is 17.3 Å². The van der Waals surface area contributed by atoms with Crippen LogP contribution in [0.15, 0.2) is 24.4 Å². The molecule has 0 saturated heterocycles. The number of aromatic nitrogens is 1. The van der Waals surface area contributed by atoms with Crippen LogP contribution in [0.4, 0.5) is 0 Å². The maximum atomic E-state index is 13.7. The zero-order valence-electron chi connectivity index (χ0n) is 19.6. The molecule has 12 heteroatoms. The van der Waals surface area contributed by atoms with Gasteiger partial charge in [0.15, 0.2) is 0 Å². The Kier molecular flexibility index (Phi) is 13.3. The molecule has 0 aliphatic carbocycles. The van der Waals surface area contributed by atoms with Crippen LogP contribution in [0, 0.1) is 0 Å². The Hall–Kier alpha value is -1.28. The lowest BCUT2D eigenvalue weighted by atomic mass is 10.3. The van der Waals surface area contributed by atoms with Crippen LogP contribution in [0.2, 0.25) is 0 Å². The minimum Gasteiger partial charge on any atom is -0.478 e. The summed E-state index contributed by atoms with van der Waals surface area (Å²) in [5.74, 6) is 0.0584. The van der Waals surface area contributed by atoms with E-state index < -0.39 is 26.6 Å². The average Bonchev–Trinajstić information content (AvgIpc) is 2.73. The summed E-state index contributed by atoms with van der Waals surface area (Å²) in [6, 6.07) is 5.36. The van der Waals surface area contributed by atoms with E-state index in [1.54, 1.807) is 46.0 Å². The van der Waals surface area contributed by atoms with Crippen LogP contribution >= 0.6 is 15.2 Å². The van der Waals surface area contributed by atoms with Crippen molar-refractivity contribution in [3.8, 4) is 5.88 Å². The van der Waals surface area contributed by atoms with Gasteiger partial charge in [0.25, 0.3) is 0 Å². The quantitative estimate of drug-likeness (QED) is 0.220. The first-order chi connectivity index (χ1) is 15.3. The summed E-state index contributed by atoms with van der Waals surface area (Å²) in [7, 11) is -8.15. The molecule has 0 aliphatic rings. The average molecular weight is 494 g/mol. The number of hydrogen-bond donors (Lipinski definition) is 0. The minimum absolute atomic E-state index is 0.0374. The van der Waals surface area contributed by atoms with E-state index in [1.807, 2.05) is 6.07 Å². The van der Waals surface area contributed by atoms with Crippen LogP contribution in [-0.4, -0.2) is 60.9 Å². The first-order valence-electron chi connectivity index (χ1n) is 10.9. The molecular formula is C20H36N2O8P2. The van der Waals surface area contributed by atoms with Gasteiger partial charge in [-0.15, -0.1) is 0 Å². The zero-order valence-corrected chi connectivity index (χ0v) is 21.4. The van der Waals surface area contributed by atoms with Gasteiger partial charge in [0.05, 0.1) is 33.0 Å². The Morgan fingerprint density at radius 1 is 0.938 bits per heavy atom. The van der Waals surface area contributed by atoms with Crippen LogP contribution < -0.4 is 4.74 Å². The van der Waals surface area contributed by atoms with E-state index in [2.05, 4.69) is 4.98 Å². The number of amides is 1. The molecule has 1 aromatic heterocycles. The molecule has 1 aromatic rings. The number of unbranched alkanes of at least 4 members (excludes halogenated alkanes) is 1. The summed E-state index contributed by atoms with van der Waals surface area (Å²) in [6.07, 6.45) is 2.70. The second-order valence-electron chi connectivity index (χ2n) is 6.53. The van der Waals surface area contributed by atoms with Gasteiger partial charge in [-0.2, -0.15) is 0 Å². The maximum Gasteiger partial charge on any atom is 0.365 e. The van der Waals surface area contributed by atoms with Crippen molar-refractivity contribution in [1.29, 1.82) is 0 Å². The Labute approximate surface area is 191 Å². The number of carbonyl (C=O) groups excluding carboxylic acids is 1. The molecule has 1 rings (SSSR count). The highest BCUT2D eigenvalue weighted by Gasteiger charge is 2.55. The van der Waals surface area contributed by atoms with E-state index in [0.717, 1.165) is 0 Å². The van der Waals surface area contributed by atoms with Gasteiger partial charge in [-0.3, -0.25) is 13.9 Å². The number of nitrogens with zero attached hydrogens (tertiary/aromatic N) is 2. The third kappa shape index (κ3) is 8.58. The lowest BCUT2D eigenvalue weighted by molar-refractivity contribution is -0.129. The van der Waals surface area contributed by atoms with Gasteiger partial charge in [0.1, 0.15) is 0 Å². The highest BCUT2D eigenvalue weighted by Crippen LogP contribution is 2.71. The van der Waals surface area contributed by atoms with Crippen molar-refractivity contribution in [1.82, 2.24) is 9.88 Å². The van der Waals surface area contributed by atoms with Crippen molar-refractivity contribution in [2.75, 3.05) is 39.6 Å². The fraction of sp³-hybridized carbons (Fsp3) is 0.700. The number of carbonyl (C=O) groups is 1. The SMILES string of the molecule is CCOP(=O)(OCC)C(N(CCCCOc1ccccn1)C(C)=O)P(=O)(OCC)OCC. The summed E-state index contributed by atoms with van der Waals surface area (Å²) in [5, 5.41) is 0. The van der Waals surface area contributed by atoms with E-state index in [0.29, 0.717) is 25.3 Å². The molecule has 1 amide bonds. The molecule has 0 aliphatic heterocycles. The zero-order chi connectivity index (χ0) is 24.0. The largest absolute Gasteiger partial charge is 0.478 e. The normalized spacial score (nSPS) is 12.2. The lowest BCUT2D eigenvalue weighted by Gasteiger charge is -2.38. The Bertz CT molecular complexity index is 715. The molecule has 1 heterocycles. The summed E-state index contributed by atoms with van der Waals surface area (Å²) in [5.41, 5.74) is -1.51. The molecule has 184 valence electrons. The molecule has 0 aromatic carbocycles. The lowest BCUT2D eigenvalue weighted by Crippen LogP contribution is -2.41. The minimum atomic E-state index is -4.07. The highest BCUT2D eigenvalue weighted by atomic mass is 31.2. The van der Waals surface area contributed by atoms with E-state index in [1.165, 1.54) is 11.8 Å². The van der Waals surface area contributed by atoms with Crippen LogP contribution in [0.5, 0.6) is 5.88 Å². The number of ether oxygens (including phenoxy) is 1. The Morgan fingerprint density at radius 2 is 1.47 bits per heavy atom. The van der Waals surface area contributed by atoms with E-state index in [-0.39, 0.29) is 33.0 Å². The second kappa shape index (κ2) is 14.8. The van der Waals surface area contributed by atoms with Gasteiger partial charge in [-0.05, 0) is 46.6 Å². The molecule has 0 radical (unpaired) electrons. The molecule has 0 N–H and O–H groups in total. The summed E-state index contributed by atoms with van der Waals surface area (Å²) in [4.78, 5) is 17.9. The van der Waals surface area contributed by atoms with E-state index in [9.17, 15) is 13.9 Å². The smallest absolute Gasteiger partial charge is 0.365 e. The fourth-order valence-corrected chi connectivity index (χ4v) is 8.55. The first kappa shape index (κ1) is 28.8. The molecule has 0 unspecified atom stereocenters. The molecule has 0 bridgehead atoms. The molecule has 0 fully saturated rings. The van der Waals surface area contributed by atoms with Gasteiger partial charge in [-0.1, -0.05) is 6.07 Å². The van der Waals surface area contributed by atoms with Gasteiger partial charge in [-0.25, -0.2) is 4.98 Å². The summed E-state index contributed by atoms with van der Waals surface area (Å²) < 4.78 is 54.9. The van der Waals surface area contributed by atoms with Crippen molar-refractivity contribution >= 4 is 21.1 Å². The topological polar surface area (TPSA) is 113 Å². The second-order valence-corrected chi connectivity index (χ2v) is 11.1. The first-order valence-corrected chi connectivity index (χ1v) is 14.1. The Morgan fingerprint density at radius 3 is 1.88 bits per heavy atom. The predicted molar refractivity (Wildman–Crippen MR) is 122 cm³/mol. The molecule has 0 saturated carbocycles. The van der Waals surface area contributed by atoms with Gasteiger partial charge in [0, 0.05) is 25.7 Å². The van der Waals surface area contributed by atoms with Crippen molar-refractivity contribution in [2.24, 2.45) is 0 Å². The van der Waals surface area contributed by atoms with E-state index in [4.69, 9.17) is 22.8 Å². The number of pyridine rings is 1. The Balaban J connectivity index is 3.10. The number of rotatable bonds is 17. The van der Waals surface area contributed by atoms with Crippen molar-refractivity contribution in [3.63, 3.8) is 0 Å². The fourth-order valence-electron chi connectivity index (χ4n) is 3.00. The van der Waals surface area contributed by atoms with Crippen molar-refractivity contribution in [2.45, 2.75) is 53.0 Å². The van der Waals surface area contributed by atoms with Crippen LogP contribution in [0.3, 0.4) is 0 Å². The summed E-state index contributed by atoms with van der Waals surface area (Å²) in [6.45, 7) is 8.53. The van der Waals surface area contributed by atoms with E-state index >= 15 is 0 Å². The van der Waals surface area contributed by atoms with Crippen molar-refractivity contribution in [3.05, 3.63) is 24.4 Å². The molecule has 32 heavy (non-hydrogen) atoms. The highest BCUT2D eigenvalue weighted by molar-refractivity contribution is 7.72. The van der Waals surface area contributed by atoms with Crippen LogP contribution in [0.25, 0.3) is 0 Å². The maximum absolute atomic E-state index is 13.7. The monoisotopic (exact) mass is 494 g/mol. The third-order valence-electron chi connectivity index (χ3n) is 4.17. The van der Waals surface area contributed by atoms with Crippen LogP contribution in [-0.2, 0) is 32.0 Å². The standard InChI is InChI=1S/C20H36N2O8P2/c1-6-27-31(24,28-7-2)20(32(25,29-8-3)30-9-4)22(18(5)23)16-12-13-17-26-19-14-10-11-15-21-19/h10-11,14-15,20H,6-9,12-13,16-17H2,1-5H3. The summed E-state index contributed by atoms with van der Waals surface area (Å²) >= 11 is 0. The predicted octanol–water partition coefficient (Wildman–Crippen LogP) is 4.90. The van der Waals surface area contributed by atoms with Crippen LogP contribution in [0.1, 0.15) is 47.5 Å². The van der Waals surface area contributed by atoms with Gasteiger partial charge >= 0.3 is 15.2 Å².